The molecule has 0 atom stereocenters. The number of carboxylic acids is 1. The summed E-state index contributed by atoms with van der Waals surface area (Å²) in [5.74, 6) is -1.08. The predicted molar refractivity (Wildman–Crippen MR) is 100 cm³/mol. The number of benzene rings is 1. The number of hydrogen-bond donors (Lipinski definition) is 2. The fourth-order valence-corrected chi connectivity index (χ4v) is 3.57. The minimum Gasteiger partial charge on any atom is -0.480 e. The number of hydrogen-bond acceptors (Lipinski definition) is 5. The van der Waals surface area contributed by atoms with Gasteiger partial charge in [0.2, 0.25) is 0 Å². The average Bonchev–Trinajstić information content (AvgIpc) is 3.19. The summed E-state index contributed by atoms with van der Waals surface area (Å²) in [4.78, 5) is 34.7. The molecule has 0 radical (unpaired) electrons. The molecule has 0 spiro atoms. The first-order chi connectivity index (χ1) is 13.3. The van der Waals surface area contributed by atoms with Crippen LogP contribution in [-0.4, -0.2) is 37.2 Å². The predicted octanol–water partition coefficient (Wildman–Crippen LogP) is 2.93. The van der Waals surface area contributed by atoms with E-state index in [1.165, 1.54) is 35.0 Å². The van der Waals surface area contributed by atoms with Gasteiger partial charge < -0.3 is 10.4 Å². The van der Waals surface area contributed by atoms with Gasteiger partial charge >= 0.3 is 5.97 Å². The lowest BCUT2D eigenvalue weighted by atomic mass is 9.75. The number of amides is 1. The number of nitro groups is 1. The second kappa shape index (κ2) is 7.79. The number of non-ortho nitro benzene ring substituents is 1. The first-order valence-electron chi connectivity index (χ1n) is 9.21. The van der Waals surface area contributed by atoms with Gasteiger partial charge in [0, 0.05) is 18.3 Å². The van der Waals surface area contributed by atoms with Gasteiger partial charge in [0.1, 0.15) is 5.54 Å². The Hall–Kier alpha value is -3.23. The summed E-state index contributed by atoms with van der Waals surface area (Å²) in [6.07, 6.45) is 4.88. The Morgan fingerprint density at radius 1 is 1.29 bits per heavy atom. The summed E-state index contributed by atoms with van der Waals surface area (Å²) < 4.78 is 1.42. The first-order valence-corrected chi connectivity index (χ1v) is 9.21. The molecule has 28 heavy (non-hydrogen) atoms. The normalized spacial score (nSPS) is 21.8. The summed E-state index contributed by atoms with van der Waals surface area (Å²) in [6, 6.07) is 7.24. The van der Waals surface area contributed by atoms with Crippen LogP contribution in [0.1, 0.15) is 49.5 Å². The van der Waals surface area contributed by atoms with Crippen molar-refractivity contribution in [2.24, 2.45) is 5.92 Å². The van der Waals surface area contributed by atoms with E-state index < -0.39 is 22.3 Å². The van der Waals surface area contributed by atoms with E-state index in [0.717, 1.165) is 19.3 Å². The molecule has 0 aliphatic heterocycles. The van der Waals surface area contributed by atoms with Crippen molar-refractivity contribution in [3.05, 3.63) is 52.3 Å². The van der Waals surface area contributed by atoms with Crippen molar-refractivity contribution in [2.75, 3.05) is 0 Å². The van der Waals surface area contributed by atoms with Crippen molar-refractivity contribution in [3.8, 4) is 5.69 Å². The number of carbonyl (C=O) groups excluding carboxylic acids is 1. The Morgan fingerprint density at radius 2 is 1.93 bits per heavy atom. The Kier molecular flexibility index (Phi) is 5.43. The summed E-state index contributed by atoms with van der Waals surface area (Å²) in [7, 11) is 0. The van der Waals surface area contributed by atoms with Crippen LogP contribution < -0.4 is 5.32 Å². The molecule has 148 valence electrons. The number of carboxylic acid groups (broad SMARTS) is 1. The first kappa shape index (κ1) is 19.5. The van der Waals surface area contributed by atoms with Crippen LogP contribution in [0.15, 0.2) is 36.5 Å². The van der Waals surface area contributed by atoms with Crippen LogP contribution in [0.2, 0.25) is 0 Å². The molecule has 1 aromatic heterocycles. The molecule has 2 aromatic rings. The highest BCUT2D eigenvalue weighted by atomic mass is 16.6. The van der Waals surface area contributed by atoms with Crippen molar-refractivity contribution in [2.45, 2.75) is 44.6 Å². The van der Waals surface area contributed by atoms with Crippen LogP contribution in [0.5, 0.6) is 0 Å². The molecule has 0 unspecified atom stereocenters. The molecule has 0 saturated heterocycles. The minimum atomic E-state index is -1.26. The molecule has 1 aromatic carbocycles. The molecule has 1 aliphatic rings. The van der Waals surface area contributed by atoms with Crippen LogP contribution in [0.3, 0.4) is 0 Å². The Balaban J connectivity index is 1.74. The number of nitro benzene ring substituents is 1. The fraction of sp³-hybridized carbons (Fsp3) is 0.421. The van der Waals surface area contributed by atoms with Gasteiger partial charge in [0.25, 0.3) is 11.6 Å². The summed E-state index contributed by atoms with van der Waals surface area (Å²) in [5, 5.41) is 27.3. The lowest BCUT2D eigenvalue weighted by Crippen LogP contribution is -2.56. The second-order valence-corrected chi connectivity index (χ2v) is 7.11. The van der Waals surface area contributed by atoms with Crippen LogP contribution in [0, 0.1) is 16.0 Å². The molecule has 9 heteroatoms. The molecule has 1 amide bonds. The van der Waals surface area contributed by atoms with Gasteiger partial charge in [-0.3, -0.25) is 14.9 Å². The maximum absolute atomic E-state index is 12.6. The zero-order valence-corrected chi connectivity index (χ0v) is 15.5. The molecule has 0 bridgehead atoms. The quantitative estimate of drug-likeness (QED) is 0.580. The summed E-state index contributed by atoms with van der Waals surface area (Å²) >= 11 is 0. The molecule has 1 saturated carbocycles. The Morgan fingerprint density at radius 3 is 2.46 bits per heavy atom. The standard InChI is InChI=1S/C19H22N4O5/c1-2-13-7-10-19(11-8-13,18(25)26)20-17(24)16-9-12-22(21-16)14-3-5-15(6-4-14)23(27)28/h3-6,9,12-13H,2,7-8,10-11H2,1H3,(H,20,24)(H,25,26). The second-order valence-electron chi connectivity index (χ2n) is 7.11. The van der Waals surface area contributed by atoms with Gasteiger partial charge in [0.05, 0.1) is 10.6 Å². The third-order valence-electron chi connectivity index (χ3n) is 5.45. The molecule has 1 aliphatic carbocycles. The van der Waals surface area contributed by atoms with E-state index in [0.29, 0.717) is 24.4 Å². The van der Waals surface area contributed by atoms with E-state index in [4.69, 9.17) is 0 Å². The van der Waals surface area contributed by atoms with E-state index >= 15 is 0 Å². The minimum absolute atomic E-state index is 0.0417. The van der Waals surface area contributed by atoms with E-state index in [-0.39, 0.29) is 11.4 Å². The number of aromatic nitrogens is 2. The summed E-state index contributed by atoms with van der Waals surface area (Å²) in [6.45, 7) is 2.09. The lowest BCUT2D eigenvalue weighted by molar-refractivity contribution is -0.384. The number of nitrogens with zero attached hydrogens (tertiary/aromatic N) is 3. The van der Waals surface area contributed by atoms with E-state index in [2.05, 4.69) is 17.3 Å². The SMILES string of the molecule is CCC1CCC(NC(=O)c2ccn(-c3ccc([N+](=O)[O-])cc3)n2)(C(=O)O)CC1. The van der Waals surface area contributed by atoms with Crippen LogP contribution in [0.4, 0.5) is 5.69 Å². The number of rotatable bonds is 6. The Bertz CT molecular complexity index is 882. The number of nitrogens with one attached hydrogen (secondary N) is 1. The van der Waals surface area contributed by atoms with Crippen molar-refractivity contribution in [1.82, 2.24) is 15.1 Å². The maximum atomic E-state index is 12.6. The van der Waals surface area contributed by atoms with E-state index in [9.17, 15) is 24.8 Å². The highest BCUT2D eigenvalue weighted by Crippen LogP contribution is 2.34. The highest BCUT2D eigenvalue weighted by molar-refractivity contribution is 5.96. The maximum Gasteiger partial charge on any atom is 0.329 e. The third-order valence-corrected chi connectivity index (χ3v) is 5.45. The van der Waals surface area contributed by atoms with Gasteiger partial charge in [-0.25, -0.2) is 9.48 Å². The van der Waals surface area contributed by atoms with Crippen LogP contribution in [0.25, 0.3) is 5.69 Å². The van der Waals surface area contributed by atoms with E-state index in [1.54, 1.807) is 6.20 Å². The van der Waals surface area contributed by atoms with E-state index in [1.807, 2.05) is 0 Å². The van der Waals surface area contributed by atoms with Crippen LogP contribution in [-0.2, 0) is 4.79 Å². The van der Waals surface area contributed by atoms with Gasteiger partial charge in [0.15, 0.2) is 5.69 Å². The molecule has 2 N–H and O–H groups in total. The van der Waals surface area contributed by atoms with Crippen molar-refractivity contribution >= 4 is 17.6 Å². The molecule has 1 fully saturated rings. The topological polar surface area (TPSA) is 127 Å². The van der Waals surface area contributed by atoms with Crippen molar-refractivity contribution in [1.29, 1.82) is 0 Å². The molecule has 3 rings (SSSR count). The zero-order valence-electron chi connectivity index (χ0n) is 15.5. The van der Waals surface area contributed by atoms with Gasteiger partial charge in [-0.2, -0.15) is 5.10 Å². The largest absolute Gasteiger partial charge is 0.480 e. The van der Waals surface area contributed by atoms with Gasteiger partial charge in [-0.1, -0.05) is 13.3 Å². The monoisotopic (exact) mass is 386 g/mol. The van der Waals surface area contributed by atoms with Crippen LogP contribution >= 0.6 is 0 Å². The average molecular weight is 386 g/mol. The highest BCUT2D eigenvalue weighted by Gasteiger charge is 2.43. The zero-order chi connectivity index (χ0) is 20.3. The fourth-order valence-electron chi connectivity index (χ4n) is 3.57. The smallest absolute Gasteiger partial charge is 0.329 e. The number of carbonyl (C=O) groups is 2. The van der Waals surface area contributed by atoms with Crippen molar-refractivity contribution in [3.63, 3.8) is 0 Å². The number of aliphatic carboxylic acids is 1. The van der Waals surface area contributed by atoms with Gasteiger partial charge in [-0.05, 0) is 49.8 Å². The van der Waals surface area contributed by atoms with Gasteiger partial charge in [-0.15, -0.1) is 0 Å². The molecular formula is C19H22N4O5. The Labute approximate surface area is 161 Å². The summed E-state index contributed by atoms with van der Waals surface area (Å²) in [5.41, 5.74) is -0.655. The molecule has 9 nitrogen and oxygen atoms in total. The molecule has 1 heterocycles. The lowest BCUT2D eigenvalue weighted by Gasteiger charge is -2.37. The molecular weight excluding hydrogens is 364 g/mol. The third kappa shape index (κ3) is 3.88. The van der Waals surface area contributed by atoms with Crippen molar-refractivity contribution < 1.29 is 19.6 Å².